The molecule has 2 aromatic carbocycles. The first kappa shape index (κ1) is 20.5. The van der Waals surface area contributed by atoms with E-state index in [-0.39, 0.29) is 5.91 Å². The normalized spacial score (nSPS) is 11.0. The highest BCUT2D eigenvalue weighted by Gasteiger charge is 2.13. The third-order valence-corrected chi connectivity index (χ3v) is 5.57. The van der Waals surface area contributed by atoms with Crippen molar-refractivity contribution in [3.8, 4) is 11.3 Å². The van der Waals surface area contributed by atoms with Crippen molar-refractivity contribution in [3.05, 3.63) is 70.4 Å². The number of aromatic nitrogens is 1. The summed E-state index contributed by atoms with van der Waals surface area (Å²) >= 11 is 7.41. The molecule has 0 atom stereocenters. The lowest BCUT2D eigenvalue weighted by Gasteiger charge is -2.16. The number of hydrogen-bond acceptors (Lipinski definition) is 4. The van der Waals surface area contributed by atoms with Crippen molar-refractivity contribution >= 4 is 35.0 Å². The zero-order valence-corrected chi connectivity index (χ0v) is 17.7. The number of amides is 1. The highest BCUT2D eigenvalue weighted by atomic mass is 35.5. The molecule has 1 amide bonds. The molecule has 0 fully saturated rings. The van der Waals surface area contributed by atoms with E-state index in [4.69, 9.17) is 16.1 Å². The lowest BCUT2D eigenvalue weighted by Crippen LogP contribution is -2.16. The van der Waals surface area contributed by atoms with Gasteiger partial charge in [0.05, 0.1) is 11.5 Å². The summed E-state index contributed by atoms with van der Waals surface area (Å²) < 4.78 is 5.38. The molecule has 146 valence electrons. The van der Waals surface area contributed by atoms with Gasteiger partial charge in [0, 0.05) is 22.3 Å². The van der Waals surface area contributed by atoms with Crippen molar-refractivity contribution in [3.63, 3.8) is 0 Å². The smallest absolute Gasteiger partial charge is 0.234 e. The summed E-state index contributed by atoms with van der Waals surface area (Å²) in [7, 11) is 0. The molecule has 3 rings (SSSR count). The minimum absolute atomic E-state index is 0.0151. The number of halogens is 1. The second-order valence-corrected chi connectivity index (χ2v) is 8.34. The SMILES string of the molecule is Cc1cccc(C(C)C)c1NC(=O)CSCc1cc(-c2ccc(Cl)cc2)no1. The summed E-state index contributed by atoms with van der Waals surface area (Å²) in [5.74, 6) is 2.00. The molecule has 0 aliphatic carbocycles. The van der Waals surface area contributed by atoms with Crippen LogP contribution in [0.15, 0.2) is 53.1 Å². The largest absolute Gasteiger partial charge is 0.360 e. The van der Waals surface area contributed by atoms with Crippen LogP contribution in [0.3, 0.4) is 0 Å². The van der Waals surface area contributed by atoms with Gasteiger partial charge < -0.3 is 9.84 Å². The van der Waals surface area contributed by atoms with Crippen molar-refractivity contribution in [2.45, 2.75) is 32.4 Å². The summed E-state index contributed by atoms with van der Waals surface area (Å²) in [4.78, 5) is 12.4. The molecule has 4 nitrogen and oxygen atoms in total. The monoisotopic (exact) mass is 414 g/mol. The van der Waals surface area contributed by atoms with Crippen LogP contribution in [0.25, 0.3) is 11.3 Å². The molecule has 0 saturated carbocycles. The van der Waals surface area contributed by atoms with E-state index in [0.717, 1.165) is 33.8 Å². The van der Waals surface area contributed by atoms with Gasteiger partial charge in [0.1, 0.15) is 11.5 Å². The molecule has 1 aromatic heterocycles. The Morgan fingerprint density at radius 3 is 2.68 bits per heavy atom. The van der Waals surface area contributed by atoms with Gasteiger partial charge in [-0.2, -0.15) is 0 Å². The van der Waals surface area contributed by atoms with E-state index in [1.54, 1.807) is 0 Å². The van der Waals surface area contributed by atoms with E-state index in [0.29, 0.717) is 22.4 Å². The highest BCUT2D eigenvalue weighted by Crippen LogP contribution is 2.28. The van der Waals surface area contributed by atoms with Crippen LogP contribution in [0.2, 0.25) is 5.02 Å². The van der Waals surface area contributed by atoms with E-state index < -0.39 is 0 Å². The molecule has 0 aliphatic heterocycles. The summed E-state index contributed by atoms with van der Waals surface area (Å²) in [6.45, 7) is 6.27. The van der Waals surface area contributed by atoms with E-state index in [1.165, 1.54) is 11.8 Å². The topological polar surface area (TPSA) is 55.1 Å². The van der Waals surface area contributed by atoms with Crippen molar-refractivity contribution < 1.29 is 9.32 Å². The van der Waals surface area contributed by atoms with Gasteiger partial charge in [-0.15, -0.1) is 11.8 Å². The van der Waals surface area contributed by atoms with E-state index in [2.05, 4.69) is 30.4 Å². The predicted octanol–water partition coefficient (Wildman–Crippen LogP) is 6.30. The molecular formula is C22H23ClN2O2S. The van der Waals surface area contributed by atoms with Gasteiger partial charge >= 0.3 is 0 Å². The number of carbonyl (C=O) groups excluding carboxylic acids is 1. The molecule has 0 radical (unpaired) electrons. The van der Waals surface area contributed by atoms with Crippen LogP contribution in [-0.4, -0.2) is 16.8 Å². The first-order chi connectivity index (χ1) is 13.4. The number of hydrogen-bond donors (Lipinski definition) is 1. The Morgan fingerprint density at radius 2 is 1.96 bits per heavy atom. The molecule has 3 aromatic rings. The molecule has 1 N–H and O–H groups in total. The number of aryl methyl sites for hydroxylation is 1. The molecule has 0 saturated heterocycles. The Balaban J connectivity index is 1.55. The molecule has 0 spiro atoms. The average Bonchev–Trinajstić information content (AvgIpc) is 3.12. The summed E-state index contributed by atoms with van der Waals surface area (Å²) in [6, 6.07) is 15.4. The number of carbonyl (C=O) groups is 1. The summed E-state index contributed by atoms with van der Waals surface area (Å²) in [5.41, 5.74) is 4.86. The zero-order chi connectivity index (χ0) is 20.1. The number of anilines is 1. The number of para-hydroxylation sites is 1. The van der Waals surface area contributed by atoms with Gasteiger partial charge in [0.2, 0.25) is 5.91 Å². The minimum Gasteiger partial charge on any atom is -0.360 e. The third kappa shape index (κ3) is 5.18. The minimum atomic E-state index is -0.0151. The molecular weight excluding hydrogens is 392 g/mol. The van der Waals surface area contributed by atoms with Crippen LogP contribution in [0.1, 0.15) is 36.7 Å². The average molecular weight is 415 g/mol. The van der Waals surface area contributed by atoms with Crippen molar-refractivity contribution in [2.24, 2.45) is 0 Å². The lowest BCUT2D eigenvalue weighted by molar-refractivity contribution is -0.113. The molecule has 6 heteroatoms. The van der Waals surface area contributed by atoms with Crippen LogP contribution in [0.5, 0.6) is 0 Å². The maximum atomic E-state index is 12.4. The number of benzene rings is 2. The van der Waals surface area contributed by atoms with Gasteiger partial charge in [-0.05, 0) is 36.1 Å². The first-order valence-electron chi connectivity index (χ1n) is 9.12. The van der Waals surface area contributed by atoms with Gasteiger partial charge in [-0.3, -0.25) is 4.79 Å². The predicted molar refractivity (Wildman–Crippen MR) is 117 cm³/mol. The molecule has 1 heterocycles. The maximum absolute atomic E-state index is 12.4. The third-order valence-electron chi connectivity index (χ3n) is 4.37. The van der Waals surface area contributed by atoms with Crippen LogP contribution >= 0.6 is 23.4 Å². The molecule has 0 aliphatic rings. The quantitative estimate of drug-likeness (QED) is 0.493. The molecule has 0 unspecified atom stereocenters. The van der Waals surface area contributed by atoms with E-state index >= 15 is 0 Å². The first-order valence-corrected chi connectivity index (χ1v) is 10.7. The summed E-state index contributed by atoms with van der Waals surface area (Å²) in [6.07, 6.45) is 0. The van der Waals surface area contributed by atoms with Crippen LogP contribution < -0.4 is 5.32 Å². The number of nitrogens with one attached hydrogen (secondary N) is 1. The van der Waals surface area contributed by atoms with Gasteiger partial charge in [0.25, 0.3) is 0 Å². The van der Waals surface area contributed by atoms with Gasteiger partial charge in [-0.25, -0.2) is 0 Å². The van der Waals surface area contributed by atoms with Crippen molar-refractivity contribution in [1.29, 1.82) is 0 Å². The fourth-order valence-corrected chi connectivity index (χ4v) is 3.72. The molecule has 0 bridgehead atoms. The lowest BCUT2D eigenvalue weighted by atomic mass is 9.98. The maximum Gasteiger partial charge on any atom is 0.234 e. The van der Waals surface area contributed by atoms with Crippen LogP contribution in [0.4, 0.5) is 5.69 Å². The van der Waals surface area contributed by atoms with E-state index in [1.807, 2.05) is 49.4 Å². The van der Waals surface area contributed by atoms with Gasteiger partial charge in [0.15, 0.2) is 0 Å². The highest BCUT2D eigenvalue weighted by molar-refractivity contribution is 7.99. The standard InChI is InChI=1S/C22H23ClN2O2S/c1-14(2)19-6-4-5-15(3)22(19)24-21(26)13-28-12-18-11-20(25-27-18)16-7-9-17(23)10-8-16/h4-11,14H,12-13H2,1-3H3,(H,24,26). The molecule has 28 heavy (non-hydrogen) atoms. The number of rotatable bonds is 7. The number of thioether (sulfide) groups is 1. The summed E-state index contributed by atoms with van der Waals surface area (Å²) in [5, 5.41) is 7.84. The zero-order valence-electron chi connectivity index (χ0n) is 16.2. The van der Waals surface area contributed by atoms with Crippen molar-refractivity contribution in [1.82, 2.24) is 5.16 Å². The second-order valence-electron chi connectivity index (χ2n) is 6.92. The second kappa shape index (κ2) is 9.30. The Bertz CT molecular complexity index is 951. The Kier molecular flexibility index (Phi) is 6.81. The Hall–Kier alpha value is -2.24. The van der Waals surface area contributed by atoms with E-state index in [9.17, 15) is 4.79 Å². The Morgan fingerprint density at radius 1 is 1.21 bits per heavy atom. The Labute approximate surface area is 174 Å². The van der Waals surface area contributed by atoms with Gasteiger partial charge in [-0.1, -0.05) is 60.9 Å². The fourth-order valence-electron chi connectivity index (χ4n) is 2.90. The van der Waals surface area contributed by atoms with Crippen LogP contribution in [0, 0.1) is 6.92 Å². The van der Waals surface area contributed by atoms with Crippen molar-refractivity contribution in [2.75, 3.05) is 11.1 Å². The fraction of sp³-hybridized carbons (Fsp3) is 0.273. The van der Waals surface area contributed by atoms with Crippen LogP contribution in [-0.2, 0) is 10.5 Å². The number of nitrogens with zero attached hydrogens (tertiary/aromatic N) is 1.